The Kier molecular flexibility index (Phi) is 7.28. The first-order valence-electron chi connectivity index (χ1n) is 9.24. The summed E-state index contributed by atoms with van der Waals surface area (Å²) in [6.45, 7) is 0.832. The Morgan fingerprint density at radius 1 is 1.14 bits per heavy atom. The van der Waals surface area contributed by atoms with Gasteiger partial charge in [-0.05, 0) is 48.4 Å². The number of hydrogen-bond donors (Lipinski definition) is 2. The van der Waals surface area contributed by atoms with Crippen molar-refractivity contribution in [1.82, 2.24) is 14.9 Å². The number of carbonyl (C=O) groups excluding carboxylic acids is 2. The third kappa shape index (κ3) is 5.57. The third-order valence-electron chi connectivity index (χ3n) is 4.70. The van der Waals surface area contributed by atoms with Crippen LogP contribution < -0.4 is 10.6 Å². The average molecular weight is 456 g/mol. The van der Waals surface area contributed by atoms with E-state index in [0.717, 1.165) is 12.0 Å². The molecule has 0 bridgehead atoms. The number of amides is 2. The zero-order valence-electron chi connectivity index (χ0n) is 15.6. The first kappa shape index (κ1) is 21.8. The third-order valence-corrected chi connectivity index (χ3v) is 8.27. The van der Waals surface area contributed by atoms with Crippen molar-refractivity contribution in [2.75, 3.05) is 19.6 Å². The highest BCUT2D eigenvalue weighted by molar-refractivity contribution is 7.91. The Hall–Kier alpha value is -1.94. The Balaban J connectivity index is 1.46. The normalized spacial score (nSPS) is 17.2. The van der Waals surface area contributed by atoms with Crippen LogP contribution in [0.2, 0.25) is 5.02 Å². The van der Waals surface area contributed by atoms with Gasteiger partial charge in [0.2, 0.25) is 0 Å². The second kappa shape index (κ2) is 9.71. The number of nitrogens with one attached hydrogen (secondary N) is 2. The number of sulfonamides is 1. The van der Waals surface area contributed by atoms with E-state index in [-0.39, 0.29) is 16.8 Å². The van der Waals surface area contributed by atoms with E-state index in [2.05, 4.69) is 10.6 Å². The zero-order valence-corrected chi connectivity index (χ0v) is 18.0. The van der Waals surface area contributed by atoms with Crippen molar-refractivity contribution in [2.45, 2.75) is 29.5 Å². The molecule has 2 aromatic rings. The summed E-state index contributed by atoms with van der Waals surface area (Å²) in [5, 5.41) is 7.48. The lowest BCUT2D eigenvalue weighted by molar-refractivity contribution is -0.139. The van der Waals surface area contributed by atoms with E-state index in [0.29, 0.717) is 31.0 Å². The van der Waals surface area contributed by atoms with Crippen LogP contribution in [0.25, 0.3) is 0 Å². The van der Waals surface area contributed by atoms with Gasteiger partial charge in [0.15, 0.2) is 0 Å². The number of carbonyl (C=O) groups is 2. The molecule has 0 saturated carbocycles. The number of rotatable bonds is 7. The molecule has 0 aliphatic carbocycles. The van der Waals surface area contributed by atoms with E-state index in [4.69, 9.17) is 11.6 Å². The van der Waals surface area contributed by atoms with Crippen molar-refractivity contribution >= 4 is 44.8 Å². The minimum absolute atomic E-state index is 0.105. The zero-order chi connectivity index (χ0) is 20.9. The Labute approximate surface area is 179 Å². The summed E-state index contributed by atoms with van der Waals surface area (Å²) in [4.78, 5) is 24.0. The monoisotopic (exact) mass is 455 g/mol. The van der Waals surface area contributed by atoms with Gasteiger partial charge < -0.3 is 10.6 Å². The highest BCUT2D eigenvalue weighted by Gasteiger charge is 2.36. The first-order chi connectivity index (χ1) is 13.9. The maximum atomic E-state index is 12.7. The van der Waals surface area contributed by atoms with Gasteiger partial charge in [0, 0.05) is 30.7 Å². The average Bonchev–Trinajstić information content (AvgIpc) is 3.40. The van der Waals surface area contributed by atoms with Crippen molar-refractivity contribution in [3.05, 3.63) is 52.4 Å². The number of benzene rings is 1. The van der Waals surface area contributed by atoms with Gasteiger partial charge in [0.25, 0.3) is 10.0 Å². The van der Waals surface area contributed by atoms with E-state index in [1.165, 1.54) is 15.6 Å². The van der Waals surface area contributed by atoms with E-state index >= 15 is 0 Å². The fourth-order valence-electron chi connectivity index (χ4n) is 3.20. The summed E-state index contributed by atoms with van der Waals surface area (Å²) >= 11 is 7.00. The highest BCUT2D eigenvalue weighted by Crippen LogP contribution is 2.28. The van der Waals surface area contributed by atoms with Crippen LogP contribution in [-0.2, 0) is 26.0 Å². The summed E-state index contributed by atoms with van der Waals surface area (Å²) in [6.07, 6.45) is 1.94. The lowest BCUT2D eigenvalue weighted by Crippen LogP contribution is -2.47. The topological polar surface area (TPSA) is 95.6 Å². The fourth-order valence-corrected chi connectivity index (χ4v) is 6.14. The molecule has 2 heterocycles. The van der Waals surface area contributed by atoms with Crippen LogP contribution in [0.4, 0.5) is 0 Å². The van der Waals surface area contributed by atoms with Crippen LogP contribution in [-0.4, -0.2) is 50.2 Å². The Morgan fingerprint density at radius 3 is 2.55 bits per heavy atom. The van der Waals surface area contributed by atoms with Gasteiger partial charge in [0.1, 0.15) is 4.21 Å². The number of halogens is 1. The van der Waals surface area contributed by atoms with Crippen molar-refractivity contribution in [1.29, 1.82) is 0 Å². The lowest BCUT2D eigenvalue weighted by Gasteiger charge is -2.23. The molecule has 0 radical (unpaired) electrons. The highest BCUT2D eigenvalue weighted by atomic mass is 35.5. The van der Waals surface area contributed by atoms with Crippen molar-refractivity contribution in [3.8, 4) is 0 Å². The molecule has 0 spiro atoms. The molecule has 1 aliphatic heterocycles. The predicted octanol–water partition coefficient (Wildman–Crippen LogP) is 2.03. The Morgan fingerprint density at radius 2 is 1.86 bits per heavy atom. The van der Waals surface area contributed by atoms with Gasteiger partial charge >= 0.3 is 11.8 Å². The van der Waals surface area contributed by atoms with E-state index < -0.39 is 21.8 Å². The molecular formula is C19H22ClN3O4S2. The Bertz CT molecular complexity index is 946. The van der Waals surface area contributed by atoms with Crippen LogP contribution in [0.1, 0.15) is 18.4 Å². The molecule has 0 unspecified atom stereocenters. The molecule has 156 valence electrons. The molecule has 29 heavy (non-hydrogen) atoms. The maximum absolute atomic E-state index is 12.7. The van der Waals surface area contributed by atoms with Gasteiger partial charge in [-0.3, -0.25) is 9.59 Å². The van der Waals surface area contributed by atoms with Crippen LogP contribution in [0, 0.1) is 0 Å². The molecule has 1 aromatic carbocycles. The largest absolute Gasteiger partial charge is 0.348 e. The summed E-state index contributed by atoms with van der Waals surface area (Å²) in [5.41, 5.74) is 0.996. The molecule has 7 nitrogen and oxygen atoms in total. The standard InChI is InChI=1S/C19H22ClN3O4S2/c20-15-7-5-14(6-8-15)9-10-21-18(24)19(25)22-13-16-3-1-11-23(16)29(26,27)17-4-2-12-28-17/h2,4-8,12,16H,1,3,9-11,13H2,(H,21,24)(H,22,25)/t16-/m0/s1. The molecule has 1 aliphatic rings. The van der Waals surface area contributed by atoms with Gasteiger partial charge in [-0.25, -0.2) is 8.42 Å². The predicted molar refractivity (Wildman–Crippen MR) is 112 cm³/mol. The lowest BCUT2D eigenvalue weighted by atomic mass is 10.1. The van der Waals surface area contributed by atoms with Crippen molar-refractivity contribution < 1.29 is 18.0 Å². The van der Waals surface area contributed by atoms with E-state index in [1.807, 2.05) is 12.1 Å². The molecule has 10 heteroatoms. The van der Waals surface area contributed by atoms with Gasteiger partial charge in [-0.2, -0.15) is 4.31 Å². The molecule has 3 rings (SSSR count). The number of nitrogens with zero attached hydrogens (tertiary/aromatic N) is 1. The summed E-state index contributed by atoms with van der Waals surface area (Å²) < 4.78 is 27.1. The molecule has 1 atom stereocenters. The van der Waals surface area contributed by atoms with Gasteiger partial charge in [0.05, 0.1) is 0 Å². The number of hydrogen-bond acceptors (Lipinski definition) is 5. The summed E-state index contributed by atoms with van der Waals surface area (Å²) in [6, 6.07) is 10.2. The van der Waals surface area contributed by atoms with Crippen LogP contribution in [0.15, 0.2) is 46.0 Å². The van der Waals surface area contributed by atoms with Crippen LogP contribution >= 0.6 is 22.9 Å². The molecule has 2 N–H and O–H groups in total. The smallest absolute Gasteiger partial charge is 0.309 e. The molecule has 1 aromatic heterocycles. The SMILES string of the molecule is O=C(NCCc1ccc(Cl)cc1)C(=O)NC[C@@H]1CCCN1S(=O)(=O)c1cccs1. The summed E-state index contributed by atoms with van der Waals surface area (Å²) in [5.74, 6) is -1.49. The van der Waals surface area contributed by atoms with Crippen molar-refractivity contribution in [2.24, 2.45) is 0 Å². The first-order valence-corrected chi connectivity index (χ1v) is 11.9. The minimum Gasteiger partial charge on any atom is -0.348 e. The van der Waals surface area contributed by atoms with Crippen molar-refractivity contribution in [3.63, 3.8) is 0 Å². The fraction of sp³-hybridized carbons (Fsp3) is 0.368. The molecule has 1 fully saturated rings. The van der Waals surface area contributed by atoms with Gasteiger partial charge in [-0.15, -0.1) is 11.3 Å². The molecule has 2 amide bonds. The molecule has 1 saturated heterocycles. The quantitative estimate of drug-likeness (QED) is 0.624. The second-order valence-corrected chi connectivity index (χ2v) is 10.2. The maximum Gasteiger partial charge on any atom is 0.309 e. The number of thiophene rings is 1. The summed E-state index contributed by atoms with van der Waals surface area (Å²) in [7, 11) is -3.57. The molecular weight excluding hydrogens is 434 g/mol. The van der Waals surface area contributed by atoms with E-state index in [1.54, 1.807) is 29.6 Å². The van der Waals surface area contributed by atoms with Crippen LogP contribution in [0.3, 0.4) is 0 Å². The minimum atomic E-state index is -3.57. The van der Waals surface area contributed by atoms with Gasteiger partial charge in [-0.1, -0.05) is 29.8 Å². The van der Waals surface area contributed by atoms with Crippen LogP contribution in [0.5, 0.6) is 0 Å². The second-order valence-electron chi connectivity index (χ2n) is 6.69. The van der Waals surface area contributed by atoms with E-state index in [9.17, 15) is 18.0 Å².